The summed E-state index contributed by atoms with van der Waals surface area (Å²) in [7, 11) is 1.19. The number of urea groups is 1. The number of aromatic nitrogens is 1. The summed E-state index contributed by atoms with van der Waals surface area (Å²) in [6, 6.07) is 10.5. The minimum atomic E-state index is -0.677. The van der Waals surface area contributed by atoms with Gasteiger partial charge in [-0.3, -0.25) is 9.59 Å². The SMILES string of the molecule is COC(=O)CN1C(=O)N/C(=C/c2cc(C)n(-c3ccc(C#N)cc3)c2C)C1=O. The maximum absolute atomic E-state index is 12.4. The monoisotopic (exact) mass is 378 g/mol. The highest BCUT2D eigenvalue weighted by atomic mass is 16.5. The molecule has 0 bridgehead atoms. The van der Waals surface area contributed by atoms with Crippen LogP contribution in [-0.4, -0.2) is 41.0 Å². The number of rotatable bonds is 4. The number of nitrogens with zero attached hydrogens (tertiary/aromatic N) is 3. The van der Waals surface area contributed by atoms with Gasteiger partial charge in [0.15, 0.2) is 0 Å². The molecule has 0 aliphatic carbocycles. The van der Waals surface area contributed by atoms with Gasteiger partial charge >= 0.3 is 12.0 Å². The Kier molecular flexibility index (Phi) is 5.00. The highest BCUT2D eigenvalue weighted by molar-refractivity contribution is 6.15. The molecule has 8 heteroatoms. The summed E-state index contributed by atoms with van der Waals surface area (Å²) < 4.78 is 6.50. The molecule has 2 heterocycles. The summed E-state index contributed by atoms with van der Waals surface area (Å²) in [5.74, 6) is -1.26. The van der Waals surface area contributed by atoms with Gasteiger partial charge in [-0.1, -0.05) is 0 Å². The van der Waals surface area contributed by atoms with Crippen LogP contribution in [0.3, 0.4) is 0 Å². The van der Waals surface area contributed by atoms with Crippen LogP contribution in [0.4, 0.5) is 4.79 Å². The van der Waals surface area contributed by atoms with E-state index >= 15 is 0 Å². The molecule has 0 spiro atoms. The number of hydrogen-bond donors (Lipinski definition) is 1. The van der Waals surface area contributed by atoms with Gasteiger partial charge in [-0.2, -0.15) is 5.26 Å². The van der Waals surface area contributed by atoms with Crippen LogP contribution in [0.1, 0.15) is 22.5 Å². The molecule has 3 amide bonds. The molecule has 2 aromatic rings. The molecule has 1 aliphatic heterocycles. The fourth-order valence-corrected chi connectivity index (χ4v) is 3.08. The summed E-state index contributed by atoms with van der Waals surface area (Å²) in [4.78, 5) is 36.6. The molecule has 0 unspecified atom stereocenters. The molecule has 8 nitrogen and oxygen atoms in total. The minimum absolute atomic E-state index is 0.0916. The van der Waals surface area contributed by atoms with Gasteiger partial charge in [0.2, 0.25) is 0 Å². The molecular weight excluding hydrogens is 360 g/mol. The zero-order valence-electron chi connectivity index (χ0n) is 15.6. The van der Waals surface area contributed by atoms with Crippen molar-refractivity contribution >= 4 is 24.0 Å². The topological polar surface area (TPSA) is 104 Å². The van der Waals surface area contributed by atoms with Crippen molar-refractivity contribution in [1.29, 1.82) is 5.26 Å². The van der Waals surface area contributed by atoms with Gasteiger partial charge in [0.25, 0.3) is 5.91 Å². The number of carbonyl (C=O) groups is 3. The zero-order chi connectivity index (χ0) is 20.4. The number of hydrogen-bond acceptors (Lipinski definition) is 5. The lowest BCUT2D eigenvalue weighted by Crippen LogP contribution is -2.36. The summed E-state index contributed by atoms with van der Waals surface area (Å²) in [5.41, 5.74) is 4.09. The highest BCUT2D eigenvalue weighted by Gasteiger charge is 2.35. The predicted molar refractivity (Wildman–Crippen MR) is 100 cm³/mol. The predicted octanol–water partition coefficient (Wildman–Crippen LogP) is 2.03. The largest absolute Gasteiger partial charge is 0.468 e. The lowest BCUT2D eigenvalue weighted by Gasteiger charge is -2.10. The van der Waals surface area contributed by atoms with Gasteiger partial charge < -0.3 is 14.6 Å². The lowest BCUT2D eigenvalue weighted by molar-refractivity contribution is -0.143. The highest BCUT2D eigenvalue weighted by Crippen LogP contribution is 2.24. The fraction of sp³-hybridized carbons (Fsp3) is 0.200. The van der Waals surface area contributed by atoms with Crippen LogP contribution in [0.25, 0.3) is 11.8 Å². The maximum atomic E-state index is 12.4. The molecule has 3 rings (SSSR count). The Morgan fingerprint density at radius 1 is 1.25 bits per heavy atom. The van der Waals surface area contributed by atoms with Crippen molar-refractivity contribution in [2.45, 2.75) is 13.8 Å². The summed E-state index contributed by atoms with van der Waals surface area (Å²) in [5, 5.41) is 11.4. The smallest absolute Gasteiger partial charge is 0.329 e. The summed E-state index contributed by atoms with van der Waals surface area (Å²) in [6.07, 6.45) is 1.58. The van der Waals surface area contributed by atoms with Crippen LogP contribution in [0.15, 0.2) is 36.0 Å². The third-order valence-corrected chi connectivity index (χ3v) is 4.50. The molecule has 0 atom stereocenters. The lowest BCUT2D eigenvalue weighted by atomic mass is 10.2. The Labute approximate surface area is 161 Å². The first kappa shape index (κ1) is 18.9. The second-order valence-corrected chi connectivity index (χ2v) is 6.28. The minimum Gasteiger partial charge on any atom is -0.468 e. The van der Waals surface area contributed by atoms with E-state index in [1.165, 1.54) is 7.11 Å². The molecule has 1 N–H and O–H groups in total. The van der Waals surface area contributed by atoms with E-state index in [1.54, 1.807) is 18.2 Å². The van der Waals surface area contributed by atoms with Gasteiger partial charge in [0.05, 0.1) is 18.7 Å². The first-order chi connectivity index (χ1) is 13.3. The van der Waals surface area contributed by atoms with Crippen molar-refractivity contribution in [2.24, 2.45) is 0 Å². The van der Waals surface area contributed by atoms with Crippen molar-refractivity contribution in [2.75, 3.05) is 13.7 Å². The number of esters is 1. The van der Waals surface area contributed by atoms with Crippen LogP contribution in [0.5, 0.6) is 0 Å². The van der Waals surface area contributed by atoms with Crippen LogP contribution in [0, 0.1) is 25.2 Å². The second-order valence-electron chi connectivity index (χ2n) is 6.28. The number of carbonyl (C=O) groups excluding carboxylic acids is 3. The van der Waals surface area contributed by atoms with Gasteiger partial charge in [-0.15, -0.1) is 0 Å². The van der Waals surface area contributed by atoms with E-state index < -0.39 is 24.5 Å². The average Bonchev–Trinajstić information content (AvgIpc) is 3.11. The number of methoxy groups -OCH3 is 1. The molecule has 1 aromatic carbocycles. The Balaban J connectivity index is 1.93. The normalized spacial score (nSPS) is 14.9. The number of benzene rings is 1. The van der Waals surface area contributed by atoms with Crippen LogP contribution in [-0.2, 0) is 14.3 Å². The quantitative estimate of drug-likeness (QED) is 0.498. The fourth-order valence-electron chi connectivity index (χ4n) is 3.08. The molecule has 0 saturated carbocycles. The van der Waals surface area contributed by atoms with Crippen molar-refractivity contribution in [3.63, 3.8) is 0 Å². The number of imide groups is 1. The maximum Gasteiger partial charge on any atom is 0.329 e. The third-order valence-electron chi connectivity index (χ3n) is 4.50. The van der Waals surface area contributed by atoms with Crippen molar-refractivity contribution in [3.8, 4) is 11.8 Å². The number of amides is 3. The zero-order valence-corrected chi connectivity index (χ0v) is 15.6. The van der Waals surface area contributed by atoms with Crippen molar-refractivity contribution in [3.05, 3.63) is 58.5 Å². The second kappa shape index (κ2) is 7.40. The molecule has 1 saturated heterocycles. The molecular formula is C20H18N4O4. The van der Waals surface area contributed by atoms with E-state index in [-0.39, 0.29) is 5.70 Å². The Morgan fingerprint density at radius 2 is 1.93 bits per heavy atom. The molecule has 1 aliphatic rings. The van der Waals surface area contributed by atoms with E-state index in [0.29, 0.717) is 5.56 Å². The summed E-state index contributed by atoms with van der Waals surface area (Å²) >= 11 is 0. The van der Waals surface area contributed by atoms with E-state index in [2.05, 4.69) is 16.1 Å². The van der Waals surface area contributed by atoms with E-state index in [9.17, 15) is 14.4 Å². The first-order valence-corrected chi connectivity index (χ1v) is 8.46. The van der Waals surface area contributed by atoms with Crippen molar-refractivity contribution < 1.29 is 19.1 Å². The van der Waals surface area contributed by atoms with Gasteiger partial charge in [0, 0.05) is 17.1 Å². The molecule has 1 fully saturated rings. The standard InChI is InChI=1S/C20H18N4O4/c1-12-8-15(13(2)24(12)16-6-4-14(10-21)5-7-16)9-17-19(26)23(20(27)22-17)11-18(25)28-3/h4-9H,11H2,1-3H3,(H,22,27)/b17-9+. The Bertz CT molecular complexity index is 1040. The molecule has 28 heavy (non-hydrogen) atoms. The van der Waals surface area contributed by atoms with Crippen LogP contribution < -0.4 is 5.32 Å². The van der Waals surface area contributed by atoms with Crippen LogP contribution in [0.2, 0.25) is 0 Å². The van der Waals surface area contributed by atoms with Gasteiger partial charge in [-0.25, -0.2) is 9.69 Å². The average molecular weight is 378 g/mol. The van der Waals surface area contributed by atoms with E-state index in [4.69, 9.17) is 5.26 Å². The van der Waals surface area contributed by atoms with E-state index in [1.807, 2.05) is 36.6 Å². The van der Waals surface area contributed by atoms with Crippen LogP contribution >= 0.6 is 0 Å². The van der Waals surface area contributed by atoms with Gasteiger partial charge in [-0.05, 0) is 55.8 Å². The first-order valence-electron chi connectivity index (χ1n) is 8.46. The Morgan fingerprint density at radius 3 is 2.54 bits per heavy atom. The third kappa shape index (κ3) is 3.38. The number of nitrogens with one attached hydrogen (secondary N) is 1. The molecule has 0 radical (unpaired) electrons. The van der Waals surface area contributed by atoms with Crippen molar-refractivity contribution in [1.82, 2.24) is 14.8 Å². The molecule has 1 aromatic heterocycles. The number of ether oxygens (including phenoxy) is 1. The van der Waals surface area contributed by atoms with Gasteiger partial charge in [0.1, 0.15) is 12.2 Å². The number of aryl methyl sites for hydroxylation is 1. The number of nitriles is 1. The van der Waals surface area contributed by atoms with E-state index in [0.717, 1.165) is 27.5 Å². The Hall–Kier alpha value is -3.86. The summed E-state index contributed by atoms with van der Waals surface area (Å²) in [6.45, 7) is 3.37. The molecule has 142 valence electrons.